The number of H-pyrrole nitrogens is 1. The van der Waals surface area contributed by atoms with Gasteiger partial charge in [-0.25, -0.2) is 0 Å². The molecule has 2 aromatic rings. The van der Waals surface area contributed by atoms with Crippen molar-refractivity contribution in [3.05, 3.63) is 40.3 Å². The first-order valence-corrected chi connectivity index (χ1v) is 4.00. The Balaban J connectivity index is 3.03. The number of aromatic nitrogens is 1. The van der Waals surface area contributed by atoms with E-state index in [4.69, 9.17) is 0 Å². The summed E-state index contributed by atoms with van der Waals surface area (Å²) >= 11 is 0. The lowest BCUT2D eigenvalue weighted by Gasteiger charge is -2.00. The van der Waals surface area contributed by atoms with Gasteiger partial charge in [0.1, 0.15) is 5.75 Å². The van der Waals surface area contributed by atoms with Gasteiger partial charge in [0.05, 0.1) is 5.39 Å². The van der Waals surface area contributed by atoms with Crippen LogP contribution in [0.25, 0.3) is 10.8 Å². The largest absolute Gasteiger partial charge is 0.507 e. The average Bonchev–Trinajstić information content (AvgIpc) is 2.07. The highest BCUT2D eigenvalue weighted by Crippen LogP contribution is 2.21. The number of rotatable bonds is 0. The van der Waals surface area contributed by atoms with Crippen LogP contribution in [-0.2, 0) is 0 Å². The Morgan fingerprint density at radius 3 is 2.85 bits per heavy atom. The van der Waals surface area contributed by atoms with Crippen LogP contribution in [0, 0.1) is 6.92 Å². The molecular weight excluding hydrogens is 166 g/mol. The van der Waals surface area contributed by atoms with E-state index in [2.05, 4.69) is 4.98 Å². The average molecular weight is 175 g/mol. The van der Waals surface area contributed by atoms with Crippen molar-refractivity contribution in [2.45, 2.75) is 6.92 Å². The monoisotopic (exact) mass is 175 g/mol. The molecule has 0 radical (unpaired) electrons. The predicted molar refractivity (Wildman–Crippen MR) is 51.0 cm³/mol. The number of pyridine rings is 1. The van der Waals surface area contributed by atoms with Crippen molar-refractivity contribution in [3.8, 4) is 5.75 Å². The van der Waals surface area contributed by atoms with Crippen molar-refractivity contribution in [2.24, 2.45) is 0 Å². The van der Waals surface area contributed by atoms with Crippen LogP contribution in [0.15, 0.2) is 29.1 Å². The van der Waals surface area contributed by atoms with Crippen LogP contribution < -0.4 is 5.56 Å². The van der Waals surface area contributed by atoms with E-state index >= 15 is 0 Å². The molecule has 0 amide bonds. The zero-order chi connectivity index (χ0) is 9.42. The third-order valence-corrected chi connectivity index (χ3v) is 2.00. The lowest BCUT2D eigenvalue weighted by Crippen LogP contribution is -2.06. The van der Waals surface area contributed by atoms with Gasteiger partial charge in [0.15, 0.2) is 0 Å². The maximum absolute atomic E-state index is 11.4. The molecule has 1 heterocycles. The molecule has 2 rings (SSSR count). The van der Waals surface area contributed by atoms with E-state index in [0.29, 0.717) is 10.8 Å². The fourth-order valence-electron chi connectivity index (χ4n) is 1.40. The van der Waals surface area contributed by atoms with E-state index in [-0.39, 0.29) is 11.3 Å². The molecule has 0 saturated carbocycles. The van der Waals surface area contributed by atoms with E-state index in [9.17, 15) is 9.90 Å². The minimum Gasteiger partial charge on any atom is -0.507 e. The number of hydrogen-bond acceptors (Lipinski definition) is 2. The highest BCUT2D eigenvalue weighted by Gasteiger charge is 2.02. The highest BCUT2D eigenvalue weighted by molar-refractivity contribution is 5.87. The Hall–Kier alpha value is -1.77. The quantitative estimate of drug-likeness (QED) is 0.638. The number of phenols is 1. The summed E-state index contributed by atoms with van der Waals surface area (Å²) in [5, 5.41) is 10.6. The topological polar surface area (TPSA) is 53.1 Å². The minimum atomic E-state index is -0.161. The van der Waals surface area contributed by atoms with Crippen LogP contribution >= 0.6 is 0 Å². The van der Waals surface area contributed by atoms with Crippen molar-refractivity contribution in [1.29, 1.82) is 0 Å². The van der Waals surface area contributed by atoms with Gasteiger partial charge >= 0.3 is 0 Å². The van der Waals surface area contributed by atoms with Gasteiger partial charge in [-0.2, -0.15) is 0 Å². The summed E-state index contributed by atoms with van der Waals surface area (Å²) in [5.74, 6) is 0.145. The molecule has 2 N–H and O–H groups in total. The number of hydrogen-bond donors (Lipinski definition) is 2. The summed E-state index contributed by atoms with van der Waals surface area (Å²) in [4.78, 5) is 14.1. The maximum Gasteiger partial charge on any atom is 0.256 e. The SMILES string of the molecule is Cc1cc2c(O)cccc2c(=O)[nH]1. The molecule has 66 valence electrons. The molecule has 0 unspecified atom stereocenters. The summed E-state index contributed by atoms with van der Waals surface area (Å²) in [5.41, 5.74) is 0.588. The number of benzene rings is 1. The Bertz CT molecular complexity index is 514. The lowest BCUT2D eigenvalue weighted by molar-refractivity contribution is 0.481. The maximum atomic E-state index is 11.4. The van der Waals surface area contributed by atoms with Crippen LogP contribution in [0.3, 0.4) is 0 Å². The fraction of sp³-hybridized carbons (Fsp3) is 0.100. The van der Waals surface area contributed by atoms with Crippen molar-refractivity contribution in [1.82, 2.24) is 4.98 Å². The molecule has 0 aliphatic carbocycles. The number of aromatic amines is 1. The lowest BCUT2D eigenvalue weighted by atomic mass is 10.1. The number of fused-ring (bicyclic) bond motifs is 1. The van der Waals surface area contributed by atoms with E-state index in [1.54, 1.807) is 31.2 Å². The summed E-state index contributed by atoms with van der Waals surface area (Å²) in [6, 6.07) is 6.67. The van der Waals surface area contributed by atoms with Crippen LogP contribution in [-0.4, -0.2) is 10.1 Å². The third-order valence-electron chi connectivity index (χ3n) is 2.00. The van der Waals surface area contributed by atoms with Crippen LogP contribution in [0.4, 0.5) is 0 Å². The van der Waals surface area contributed by atoms with Crippen molar-refractivity contribution in [3.63, 3.8) is 0 Å². The number of phenolic OH excluding ortho intramolecular Hbond substituents is 1. The third kappa shape index (κ3) is 1.18. The molecule has 0 saturated heterocycles. The van der Waals surface area contributed by atoms with Crippen LogP contribution in [0.1, 0.15) is 5.69 Å². The van der Waals surface area contributed by atoms with Gasteiger partial charge in [-0.3, -0.25) is 4.79 Å². The Kier molecular flexibility index (Phi) is 1.59. The van der Waals surface area contributed by atoms with E-state index in [0.717, 1.165) is 5.69 Å². The van der Waals surface area contributed by atoms with Crippen LogP contribution in [0.5, 0.6) is 5.75 Å². The summed E-state index contributed by atoms with van der Waals surface area (Å²) in [6.45, 7) is 1.78. The van der Waals surface area contributed by atoms with Crippen molar-refractivity contribution < 1.29 is 5.11 Å². The fourth-order valence-corrected chi connectivity index (χ4v) is 1.40. The molecule has 0 spiro atoms. The normalized spacial score (nSPS) is 10.5. The molecule has 3 heteroatoms. The molecular formula is C10H9NO2. The van der Waals surface area contributed by atoms with E-state index in [1.165, 1.54) is 0 Å². The molecule has 0 bridgehead atoms. The Morgan fingerprint density at radius 2 is 2.08 bits per heavy atom. The second-order valence-corrected chi connectivity index (χ2v) is 3.02. The molecule has 1 aromatic heterocycles. The van der Waals surface area contributed by atoms with Gasteiger partial charge in [0.25, 0.3) is 5.56 Å². The minimum absolute atomic E-state index is 0.145. The summed E-state index contributed by atoms with van der Waals surface area (Å²) in [6.07, 6.45) is 0. The summed E-state index contributed by atoms with van der Waals surface area (Å²) in [7, 11) is 0. The Labute approximate surface area is 74.7 Å². The number of aromatic hydroxyl groups is 1. The first-order chi connectivity index (χ1) is 6.18. The van der Waals surface area contributed by atoms with E-state index in [1.807, 2.05) is 0 Å². The standard InChI is InChI=1S/C10H9NO2/c1-6-5-8-7(10(13)11-6)3-2-4-9(8)12/h2-5,12H,1H3,(H,11,13). The van der Waals surface area contributed by atoms with Gasteiger partial charge in [-0.15, -0.1) is 0 Å². The summed E-state index contributed by atoms with van der Waals surface area (Å²) < 4.78 is 0. The smallest absolute Gasteiger partial charge is 0.256 e. The van der Waals surface area contributed by atoms with Gasteiger partial charge in [-0.1, -0.05) is 6.07 Å². The molecule has 3 nitrogen and oxygen atoms in total. The second kappa shape index (κ2) is 2.62. The molecule has 0 aliphatic heterocycles. The first kappa shape index (κ1) is 7.86. The molecule has 0 atom stereocenters. The van der Waals surface area contributed by atoms with Gasteiger partial charge in [-0.05, 0) is 25.1 Å². The molecule has 0 fully saturated rings. The van der Waals surface area contributed by atoms with Gasteiger partial charge in [0.2, 0.25) is 0 Å². The second-order valence-electron chi connectivity index (χ2n) is 3.02. The zero-order valence-corrected chi connectivity index (χ0v) is 7.16. The highest BCUT2D eigenvalue weighted by atomic mass is 16.3. The zero-order valence-electron chi connectivity index (χ0n) is 7.16. The van der Waals surface area contributed by atoms with Crippen molar-refractivity contribution >= 4 is 10.8 Å². The molecule has 1 aromatic carbocycles. The van der Waals surface area contributed by atoms with Crippen LogP contribution in [0.2, 0.25) is 0 Å². The van der Waals surface area contributed by atoms with Gasteiger partial charge < -0.3 is 10.1 Å². The molecule has 0 aliphatic rings. The number of aryl methyl sites for hydroxylation is 1. The number of nitrogens with one attached hydrogen (secondary N) is 1. The Morgan fingerprint density at radius 1 is 1.31 bits per heavy atom. The molecule has 13 heavy (non-hydrogen) atoms. The first-order valence-electron chi connectivity index (χ1n) is 4.00. The van der Waals surface area contributed by atoms with Gasteiger partial charge in [0, 0.05) is 11.1 Å². The predicted octanol–water partition coefficient (Wildman–Crippen LogP) is 1.54. The van der Waals surface area contributed by atoms with Crippen molar-refractivity contribution in [2.75, 3.05) is 0 Å². The van der Waals surface area contributed by atoms with E-state index < -0.39 is 0 Å².